The fourth-order valence-corrected chi connectivity index (χ4v) is 2.43. The van der Waals surface area contributed by atoms with E-state index in [2.05, 4.69) is 20.8 Å². The van der Waals surface area contributed by atoms with Crippen LogP contribution in [-0.4, -0.2) is 29.3 Å². The highest BCUT2D eigenvalue weighted by Crippen LogP contribution is 2.20. The number of hydrogen-bond acceptors (Lipinski definition) is 6. The smallest absolute Gasteiger partial charge is 0.256 e. The summed E-state index contributed by atoms with van der Waals surface area (Å²) in [6.07, 6.45) is 0.130. The van der Waals surface area contributed by atoms with Crippen LogP contribution in [0.4, 0.5) is 17.3 Å². The zero-order chi connectivity index (χ0) is 19.9. The van der Waals surface area contributed by atoms with Crippen molar-refractivity contribution >= 4 is 23.2 Å². The summed E-state index contributed by atoms with van der Waals surface area (Å²) in [6, 6.07) is 17.8. The van der Waals surface area contributed by atoms with Gasteiger partial charge in [-0.2, -0.15) is 0 Å². The van der Waals surface area contributed by atoms with Crippen LogP contribution in [0, 0.1) is 0 Å². The number of benzene rings is 2. The van der Waals surface area contributed by atoms with Gasteiger partial charge in [0.1, 0.15) is 11.5 Å². The minimum absolute atomic E-state index is 0.130. The van der Waals surface area contributed by atoms with E-state index in [1.807, 2.05) is 38.1 Å². The predicted octanol–water partition coefficient (Wildman–Crippen LogP) is 4.27. The maximum Gasteiger partial charge on any atom is 0.256 e. The van der Waals surface area contributed by atoms with Crippen LogP contribution in [0.3, 0.4) is 0 Å². The molecule has 0 unspecified atom stereocenters. The lowest BCUT2D eigenvalue weighted by Crippen LogP contribution is -2.13. The highest BCUT2D eigenvalue weighted by molar-refractivity contribution is 6.03. The van der Waals surface area contributed by atoms with Crippen LogP contribution in [0.1, 0.15) is 24.2 Å². The van der Waals surface area contributed by atoms with E-state index in [0.717, 1.165) is 11.4 Å². The number of nitrogens with one attached hydrogen (secondary N) is 2. The first-order chi connectivity index (χ1) is 13.5. The number of amides is 1. The fraction of sp³-hybridized carbons (Fsp3) is 0.190. The SMILES string of the molecule is COc1ccc(C(=O)Nc2ccc(Nc3ccc(OC(C)C)cc3)nn2)cc1. The molecule has 28 heavy (non-hydrogen) atoms. The summed E-state index contributed by atoms with van der Waals surface area (Å²) in [5, 5.41) is 14.0. The highest BCUT2D eigenvalue weighted by Gasteiger charge is 2.08. The second-order valence-corrected chi connectivity index (χ2v) is 6.30. The second-order valence-electron chi connectivity index (χ2n) is 6.30. The molecule has 3 rings (SSSR count). The molecule has 0 aliphatic carbocycles. The van der Waals surface area contributed by atoms with Gasteiger partial charge in [0.15, 0.2) is 11.6 Å². The summed E-state index contributed by atoms with van der Waals surface area (Å²) in [4.78, 5) is 12.3. The van der Waals surface area contributed by atoms with E-state index in [4.69, 9.17) is 9.47 Å². The molecule has 0 spiro atoms. The van der Waals surface area contributed by atoms with Gasteiger partial charge in [-0.3, -0.25) is 4.79 Å². The molecule has 0 aliphatic rings. The van der Waals surface area contributed by atoms with E-state index in [1.165, 1.54) is 0 Å². The Morgan fingerprint density at radius 2 is 1.46 bits per heavy atom. The highest BCUT2D eigenvalue weighted by atomic mass is 16.5. The van der Waals surface area contributed by atoms with Gasteiger partial charge in [0.2, 0.25) is 0 Å². The van der Waals surface area contributed by atoms with Crippen molar-refractivity contribution in [2.24, 2.45) is 0 Å². The van der Waals surface area contributed by atoms with Gasteiger partial charge in [-0.25, -0.2) is 0 Å². The molecule has 144 valence electrons. The third-order valence-corrected chi connectivity index (χ3v) is 3.76. The Hall–Kier alpha value is -3.61. The molecule has 0 atom stereocenters. The van der Waals surface area contributed by atoms with Gasteiger partial charge < -0.3 is 20.1 Å². The molecule has 2 aromatic carbocycles. The zero-order valence-electron chi connectivity index (χ0n) is 16.0. The first-order valence-electron chi connectivity index (χ1n) is 8.86. The minimum atomic E-state index is -0.265. The molecule has 3 aromatic rings. The molecule has 0 bridgehead atoms. The summed E-state index contributed by atoms with van der Waals surface area (Å²) in [5.74, 6) is 2.17. The number of hydrogen-bond donors (Lipinski definition) is 2. The van der Waals surface area contributed by atoms with Crippen LogP contribution in [0.15, 0.2) is 60.7 Å². The Balaban J connectivity index is 1.59. The average Bonchev–Trinajstić information content (AvgIpc) is 2.70. The number of carbonyl (C=O) groups is 1. The van der Waals surface area contributed by atoms with Crippen LogP contribution in [-0.2, 0) is 0 Å². The molecule has 0 radical (unpaired) electrons. The molecule has 1 aromatic heterocycles. The Kier molecular flexibility index (Phi) is 6.06. The second kappa shape index (κ2) is 8.85. The summed E-state index contributed by atoms with van der Waals surface area (Å²) in [5.41, 5.74) is 1.37. The van der Waals surface area contributed by atoms with Crippen molar-refractivity contribution in [1.82, 2.24) is 10.2 Å². The molecule has 0 fully saturated rings. The lowest BCUT2D eigenvalue weighted by Gasteiger charge is -2.11. The summed E-state index contributed by atoms with van der Waals surface area (Å²) in [6.45, 7) is 3.97. The molecule has 7 nitrogen and oxygen atoms in total. The van der Waals surface area contributed by atoms with Gasteiger partial charge in [0.25, 0.3) is 5.91 Å². The van der Waals surface area contributed by atoms with E-state index in [9.17, 15) is 4.79 Å². The van der Waals surface area contributed by atoms with E-state index in [1.54, 1.807) is 43.5 Å². The molecule has 2 N–H and O–H groups in total. The Labute approximate surface area is 163 Å². The average molecular weight is 378 g/mol. The van der Waals surface area contributed by atoms with Crippen molar-refractivity contribution in [1.29, 1.82) is 0 Å². The number of ether oxygens (including phenoxy) is 2. The first kappa shape index (κ1) is 19.2. The third kappa shape index (κ3) is 5.20. The van der Waals surface area contributed by atoms with Crippen LogP contribution in [0.5, 0.6) is 11.5 Å². The van der Waals surface area contributed by atoms with Crippen LogP contribution < -0.4 is 20.1 Å². The molecule has 1 heterocycles. The van der Waals surface area contributed by atoms with Crippen molar-refractivity contribution in [3.63, 3.8) is 0 Å². The molecule has 0 aliphatic heterocycles. The Morgan fingerprint density at radius 3 is 2.04 bits per heavy atom. The zero-order valence-corrected chi connectivity index (χ0v) is 16.0. The van der Waals surface area contributed by atoms with E-state index in [-0.39, 0.29) is 12.0 Å². The van der Waals surface area contributed by atoms with Crippen molar-refractivity contribution in [3.05, 3.63) is 66.2 Å². The molecular formula is C21H22N4O3. The number of methoxy groups -OCH3 is 1. The van der Waals surface area contributed by atoms with E-state index < -0.39 is 0 Å². The van der Waals surface area contributed by atoms with Gasteiger partial charge in [-0.05, 0) is 74.5 Å². The van der Waals surface area contributed by atoms with Crippen molar-refractivity contribution in [3.8, 4) is 11.5 Å². The van der Waals surface area contributed by atoms with Gasteiger partial charge in [0, 0.05) is 11.3 Å². The fourth-order valence-electron chi connectivity index (χ4n) is 2.43. The molecule has 0 saturated carbocycles. The van der Waals surface area contributed by atoms with Gasteiger partial charge >= 0.3 is 0 Å². The van der Waals surface area contributed by atoms with Crippen molar-refractivity contribution in [2.75, 3.05) is 17.7 Å². The Morgan fingerprint density at radius 1 is 0.857 bits per heavy atom. The summed E-state index contributed by atoms with van der Waals surface area (Å²) in [7, 11) is 1.58. The summed E-state index contributed by atoms with van der Waals surface area (Å²) >= 11 is 0. The number of nitrogens with zero attached hydrogens (tertiary/aromatic N) is 2. The predicted molar refractivity (Wildman–Crippen MR) is 108 cm³/mol. The largest absolute Gasteiger partial charge is 0.497 e. The third-order valence-electron chi connectivity index (χ3n) is 3.76. The number of rotatable bonds is 7. The number of aromatic nitrogens is 2. The number of carbonyl (C=O) groups excluding carboxylic acids is 1. The van der Waals surface area contributed by atoms with E-state index in [0.29, 0.717) is 22.9 Å². The molecular weight excluding hydrogens is 356 g/mol. The maximum atomic E-state index is 12.3. The maximum absolute atomic E-state index is 12.3. The number of anilines is 3. The quantitative estimate of drug-likeness (QED) is 0.639. The van der Waals surface area contributed by atoms with Gasteiger partial charge in [-0.1, -0.05) is 0 Å². The van der Waals surface area contributed by atoms with Gasteiger partial charge in [0.05, 0.1) is 13.2 Å². The topological polar surface area (TPSA) is 85.4 Å². The van der Waals surface area contributed by atoms with Crippen LogP contribution in [0.25, 0.3) is 0 Å². The van der Waals surface area contributed by atoms with Crippen LogP contribution >= 0.6 is 0 Å². The van der Waals surface area contributed by atoms with Gasteiger partial charge in [-0.15, -0.1) is 10.2 Å². The molecule has 1 amide bonds. The molecule has 0 saturated heterocycles. The first-order valence-corrected chi connectivity index (χ1v) is 8.86. The Bertz CT molecular complexity index is 908. The lowest BCUT2D eigenvalue weighted by molar-refractivity contribution is 0.102. The summed E-state index contributed by atoms with van der Waals surface area (Å²) < 4.78 is 10.7. The van der Waals surface area contributed by atoms with Crippen LogP contribution in [0.2, 0.25) is 0 Å². The lowest BCUT2D eigenvalue weighted by atomic mass is 10.2. The minimum Gasteiger partial charge on any atom is -0.497 e. The van der Waals surface area contributed by atoms with Crippen molar-refractivity contribution in [2.45, 2.75) is 20.0 Å². The molecule has 7 heteroatoms. The monoisotopic (exact) mass is 378 g/mol. The van der Waals surface area contributed by atoms with E-state index >= 15 is 0 Å². The normalized spacial score (nSPS) is 10.4. The standard InChI is InChI=1S/C21H22N4O3/c1-14(2)28-18-10-6-16(7-11-18)22-19-12-13-20(25-24-19)23-21(26)15-4-8-17(27-3)9-5-15/h4-14H,1-3H3,(H,22,24)(H,23,25,26). The van der Waals surface area contributed by atoms with Crippen molar-refractivity contribution < 1.29 is 14.3 Å².